The van der Waals surface area contributed by atoms with Crippen LogP contribution >= 0.6 is 0 Å². The van der Waals surface area contributed by atoms with Gasteiger partial charge in [-0.1, -0.05) is 5.16 Å². The van der Waals surface area contributed by atoms with Gasteiger partial charge < -0.3 is 9.63 Å². The number of pyridine rings is 1. The third-order valence-electron chi connectivity index (χ3n) is 3.09. The van der Waals surface area contributed by atoms with Crippen molar-refractivity contribution in [3.8, 4) is 17.0 Å². The average Bonchev–Trinajstić information content (AvgIpc) is 2.79. The van der Waals surface area contributed by atoms with Crippen LogP contribution in [0.2, 0.25) is 0 Å². The van der Waals surface area contributed by atoms with Crippen molar-refractivity contribution in [2.75, 3.05) is 0 Å². The number of phenols is 1. The normalized spacial score (nSPS) is 12.0. The molecular formula is C14H9F3N2O2. The van der Waals surface area contributed by atoms with Crippen LogP contribution in [0.4, 0.5) is 13.2 Å². The van der Waals surface area contributed by atoms with Gasteiger partial charge in [-0.15, -0.1) is 0 Å². The fourth-order valence-electron chi connectivity index (χ4n) is 2.10. The summed E-state index contributed by atoms with van der Waals surface area (Å²) in [5, 5.41) is 12.6. The highest BCUT2D eigenvalue weighted by molar-refractivity contribution is 5.83. The molecule has 0 spiro atoms. The number of fused-ring (bicyclic) bond motifs is 1. The summed E-state index contributed by atoms with van der Waals surface area (Å²) >= 11 is 0. The van der Waals surface area contributed by atoms with Crippen LogP contribution < -0.4 is 0 Å². The summed E-state index contributed by atoms with van der Waals surface area (Å²) in [4.78, 5) is 4.06. The molecule has 2 aromatic heterocycles. The lowest BCUT2D eigenvalue weighted by molar-refractivity contribution is -0.136. The van der Waals surface area contributed by atoms with E-state index in [1.807, 2.05) is 0 Å². The van der Waals surface area contributed by atoms with Crippen LogP contribution in [0.1, 0.15) is 11.3 Å². The number of benzene rings is 1. The second-order valence-electron chi connectivity index (χ2n) is 4.55. The van der Waals surface area contributed by atoms with Gasteiger partial charge in [0.2, 0.25) is 0 Å². The average molecular weight is 294 g/mol. The van der Waals surface area contributed by atoms with Crippen LogP contribution in [-0.2, 0) is 6.18 Å². The van der Waals surface area contributed by atoms with Crippen LogP contribution in [0.25, 0.3) is 22.4 Å². The van der Waals surface area contributed by atoms with Crippen LogP contribution in [0.5, 0.6) is 5.75 Å². The van der Waals surface area contributed by atoms with Gasteiger partial charge in [-0.3, -0.25) is 0 Å². The maximum atomic E-state index is 13.2. The van der Waals surface area contributed by atoms with Crippen molar-refractivity contribution in [1.29, 1.82) is 0 Å². The molecule has 108 valence electrons. The number of aryl methyl sites for hydroxylation is 1. The van der Waals surface area contributed by atoms with Gasteiger partial charge in [0.15, 0.2) is 0 Å². The third-order valence-corrected chi connectivity index (χ3v) is 3.09. The molecule has 0 radical (unpaired) electrons. The summed E-state index contributed by atoms with van der Waals surface area (Å²) in [6.07, 6.45) is -4.54. The zero-order chi connectivity index (χ0) is 15.2. The lowest BCUT2D eigenvalue weighted by Gasteiger charge is -2.10. The molecule has 0 bridgehead atoms. The summed E-state index contributed by atoms with van der Waals surface area (Å²) in [5.74, 6) is 0.0198. The Morgan fingerprint density at radius 3 is 2.43 bits per heavy atom. The van der Waals surface area contributed by atoms with Crippen molar-refractivity contribution in [2.24, 2.45) is 0 Å². The molecule has 2 heterocycles. The highest BCUT2D eigenvalue weighted by Gasteiger charge is 2.35. The lowest BCUT2D eigenvalue weighted by Crippen LogP contribution is -2.07. The first-order chi connectivity index (χ1) is 9.86. The van der Waals surface area contributed by atoms with E-state index in [0.29, 0.717) is 5.56 Å². The van der Waals surface area contributed by atoms with Gasteiger partial charge in [0.1, 0.15) is 5.75 Å². The van der Waals surface area contributed by atoms with Gasteiger partial charge in [0, 0.05) is 5.56 Å². The van der Waals surface area contributed by atoms with E-state index in [1.54, 1.807) is 0 Å². The summed E-state index contributed by atoms with van der Waals surface area (Å²) in [7, 11) is 0. The number of hydrogen-bond donors (Lipinski definition) is 1. The predicted octanol–water partition coefficient (Wildman–Crippen LogP) is 3.92. The molecule has 4 nitrogen and oxygen atoms in total. The maximum absolute atomic E-state index is 13.2. The molecule has 0 saturated heterocycles. The molecule has 0 atom stereocenters. The Balaban J connectivity index is 2.28. The molecule has 3 rings (SSSR count). The summed E-state index contributed by atoms with van der Waals surface area (Å²) in [6.45, 7) is 1.43. The SMILES string of the molecule is Cc1noc2nc(-c3ccc(O)cc3)cc(C(F)(F)F)c12. The molecule has 0 saturated carbocycles. The van der Waals surface area contributed by atoms with E-state index < -0.39 is 11.7 Å². The Bertz CT molecular complexity index is 807. The number of hydrogen-bond acceptors (Lipinski definition) is 4. The van der Waals surface area contributed by atoms with E-state index in [0.717, 1.165) is 6.07 Å². The molecule has 1 aromatic carbocycles. The molecule has 0 aliphatic rings. The highest BCUT2D eigenvalue weighted by Crippen LogP contribution is 2.38. The second kappa shape index (κ2) is 4.47. The Hall–Kier alpha value is -2.57. The first-order valence-corrected chi connectivity index (χ1v) is 6.00. The standard InChI is InChI=1S/C14H9F3N2O2/c1-7-12-10(14(15,16)17)6-11(18-13(12)21-19-7)8-2-4-9(20)5-3-8/h2-6,20H,1H3. The van der Waals surface area contributed by atoms with Gasteiger partial charge in [0.05, 0.1) is 22.3 Å². The van der Waals surface area contributed by atoms with Crippen molar-refractivity contribution in [2.45, 2.75) is 13.1 Å². The summed E-state index contributed by atoms with van der Waals surface area (Å²) < 4.78 is 44.5. The summed E-state index contributed by atoms with van der Waals surface area (Å²) in [5.41, 5.74) is -0.318. The van der Waals surface area contributed by atoms with Gasteiger partial charge >= 0.3 is 6.18 Å². The van der Waals surface area contributed by atoms with E-state index in [9.17, 15) is 18.3 Å². The van der Waals surface area contributed by atoms with Crippen LogP contribution in [-0.4, -0.2) is 15.2 Å². The van der Waals surface area contributed by atoms with Gasteiger partial charge in [-0.2, -0.15) is 13.2 Å². The molecule has 3 aromatic rings. The molecule has 0 aliphatic carbocycles. The topological polar surface area (TPSA) is 59.2 Å². The minimum atomic E-state index is -4.54. The maximum Gasteiger partial charge on any atom is 0.417 e. The third kappa shape index (κ3) is 2.31. The first kappa shape index (κ1) is 13.4. The lowest BCUT2D eigenvalue weighted by atomic mass is 10.1. The van der Waals surface area contributed by atoms with Crippen molar-refractivity contribution in [3.05, 3.63) is 41.6 Å². The Morgan fingerprint density at radius 1 is 1.14 bits per heavy atom. The number of aromatic nitrogens is 2. The number of phenolic OH excluding ortho intramolecular Hbond substituents is 1. The Labute approximate surface area is 116 Å². The Morgan fingerprint density at radius 2 is 1.81 bits per heavy atom. The van der Waals surface area contributed by atoms with Crippen molar-refractivity contribution < 1.29 is 22.8 Å². The fourth-order valence-corrected chi connectivity index (χ4v) is 2.10. The highest BCUT2D eigenvalue weighted by atomic mass is 19.4. The van der Waals surface area contributed by atoms with Crippen LogP contribution in [0.15, 0.2) is 34.9 Å². The molecule has 0 aliphatic heterocycles. The monoisotopic (exact) mass is 294 g/mol. The zero-order valence-electron chi connectivity index (χ0n) is 10.8. The first-order valence-electron chi connectivity index (χ1n) is 6.00. The van der Waals surface area contributed by atoms with Gasteiger partial charge in [0.25, 0.3) is 5.71 Å². The van der Waals surface area contributed by atoms with E-state index in [1.165, 1.54) is 31.2 Å². The van der Waals surface area contributed by atoms with Crippen molar-refractivity contribution in [1.82, 2.24) is 10.1 Å². The number of rotatable bonds is 1. The molecule has 1 N–H and O–H groups in total. The van der Waals surface area contributed by atoms with Crippen LogP contribution in [0.3, 0.4) is 0 Å². The predicted molar refractivity (Wildman–Crippen MR) is 68.6 cm³/mol. The van der Waals surface area contributed by atoms with E-state index in [4.69, 9.17) is 4.52 Å². The zero-order valence-corrected chi connectivity index (χ0v) is 10.8. The molecule has 21 heavy (non-hydrogen) atoms. The molecular weight excluding hydrogens is 285 g/mol. The molecule has 7 heteroatoms. The van der Waals surface area contributed by atoms with Gasteiger partial charge in [-0.05, 0) is 37.3 Å². The van der Waals surface area contributed by atoms with Crippen LogP contribution in [0, 0.1) is 6.92 Å². The molecule has 0 unspecified atom stereocenters. The number of halogens is 3. The molecule has 0 amide bonds. The van der Waals surface area contributed by atoms with Crippen molar-refractivity contribution >= 4 is 11.1 Å². The van der Waals surface area contributed by atoms with E-state index >= 15 is 0 Å². The number of nitrogens with zero attached hydrogens (tertiary/aromatic N) is 2. The minimum absolute atomic E-state index is 0.0198. The van der Waals surface area contributed by atoms with E-state index in [-0.39, 0.29) is 28.2 Å². The van der Waals surface area contributed by atoms with E-state index in [2.05, 4.69) is 10.1 Å². The quantitative estimate of drug-likeness (QED) is 0.739. The summed E-state index contributed by atoms with van der Waals surface area (Å²) in [6, 6.07) is 6.67. The second-order valence-corrected chi connectivity index (χ2v) is 4.55. The Kier molecular flexibility index (Phi) is 2.86. The largest absolute Gasteiger partial charge is 0.508 e. The minimum Gasteiger partial charge on any atom is -0.508 e. The van der Waals surface area contributed by atoms with Gasteiger partial charge in [-0.25, -0.2) is 4.98 Å². The number of alkyl halides is 3. The number of aromatic hydroxyl groups is 1. The molecule has 0 fully saturated rings. The van der Waals surface area contributed by atoms with Crippen molar-refractivity contribution in [3.63, 3.8) is 0 Å². The fraction of sp³-hybridized carbons (Fsp3) is 0.143. The smallest absolute Gasteiger partial charge is 0.417 e.